The van der Waals surface area contributed by atoms with E-state index < -0.39 is 10.0 Å². The summed E-state index contributed by atoms with van der Waals surface area (Å²) < 4.78 is 27.1. The molecule has 0 amide bonds. The van der Waals surface area contributed by atoms with Crippen molar-refractivity contribution in [1.29, 1.82) is 0 Å². The van der Waals surface area contributed by atoms with Crippen LogP contribution in [0.2, 0.25) is 0 Å². The first-order valence-corrected chi connectivity index (χ1v) is 9.42. The maximum absolute atomic E-state index is 11.9. The number of nitrogens with zero attached hydrogens (tertiary/aromatic N) is 5. The summed E-state index contributed by atoms with van der Waals surface area (Å²) >= 11 is 0. The first-order valence-electron chi connectivity index (χ1n) is 7.81. The average molecular weight is 338 g/mol. The molecule has 0 radical (unpaired) electrons. The molecule has 3 rings (SSSR count). The summed E-state index contributed by atoms with van der Waals surface area (Å²) in [5.74, 6) is 1.62. The summed E-state index contributed by atoms with van der Waals surface area (Å²) in [6.07, 6.45) is 3.29. The second-order valence-corrected chi connectivity index (χ2v) is 8.10. The van der Waals surface area contributed by atoms with Crippen molar-refractivity contribution in [3.8, 4) is 0 Å². The molecule has 1 saturated heterocycles. The molecule has 0 saturated carbocycles. The van der Waals surface area contributed by atoms with E-state index in [2.05, 4.69) is 20.4 Å². The number of aryl methyl sites for hydroxylation is 2. The van der Waals surface area contributed by atoms with E-state index in [0.717, 1.165) is 29.7 Å². The summed E-state index contributed by atoms with van der Waals surface area (Å²) in [5, 5.41) is 8.57. The van der Waals surface area contributed by atoms with Crippen LogP contribution in [0.15, 0.2) is 6.20 Å². The van der Waals surface area contributed by atoms with Gasteiger partial charge in [-0.2, -0.15) is 5.10 Å². The molecule has 3 heterocycles. The maximum Gasteiger partial charge on any atom is 0.213 e. The highest BCUT2D eigenvalue weighted by Gasteiger charge is 2.27. The first kappa shape index (κ1) is 16.1. The number of piperidine rings is 1. The standard InChI is InChI=1S/C14H22N6O2S/c1-4-23(21,22)20-7-5-11(6-8-20)18-13-12-9-15-19(3)14(12)17-10(2)16-13/h9,11H,4-8H2,1-3H3,(H,16,17,18). The predicted molar refractivity (Wildman–Crippen MR) is 88.7 cm³/mol. The number of aromatic nitrogens is 4. The van der Waals surface area contributed by atoms with Gasteiger partial charge in [0.15, 0.2) is 5.65 Å². The molecule has 0 atom stereocenters. The van der Waals surface area contributed by atoms with Gasteiger partial charge in [0.1, 0.15) is 11.6 Å². The van der Waals surface area contributed by atoms with E-state index in [1.165, 1.54) is 0 Å². The summed E-state index contributed by atoms with van der Waals surface area (Å²) in [4.78, 5) is 8.89. The molecule has 1 fully saturated rings. The van der Waals surface area contributed by atoms with Gasteiger partial charge in [0.05, 0.1) is 17.3 Å². The number of anilines is 1. The van der Waals surface area contributed by atoms with Gasteiger partial charge in [-0.3, -0.25) is 4.68 Å². The SMILES string of the molecule is CCS(=O)(=O)N1CCC(Nc2nc(C)nc3c2cnn3C)CC1. The second kappa shape index (κ2) is 6.04. The van der Waals surface area contributed by atoms with Crippen LogP contribution in [0, 0.1) is 6.92 Å². The van der Waals surface area contributed by atoms with E-state index in [1.807, 2.05) is 14.0 Å². The molecule has 23 heavy (non-hydrogen) atoms. The Morgan fingerprint density at radius 3 is 2.65 bits per heavy atom. The largest absolute Gasteiger partial charge is 0.367 e. The Labute approximate surface area is 136 Å². The number of fused-ring (bicyclic) bond motifs is 1. The summed E-state index contributed by atoms with van der Waals surface area (Å²) in [6.45, 7) is 4.64. The van der Waals surface area contributed by atoms with Crippen LogP contribution in [0.25, 0.3) is 11.0 Å². The quantitative estimate of drug-likeness (QED) is 0.890. The zero-order valence-electron chi connectivity index (χ0n) is 13.7. The van der Waals surface area contributed by atoms with Crippen molar-refractivity contribution >= 4 is 26.9 Å². The third-order valence-corrected chi connectivity index (χ3v) is 6.14. The van der Waals surface area contributed by atoms with Gasteiger partial charge < -0.3 is 5.32 Å². The zero-order chi connectivity index (χ0) is 16.6. The average Bonchev–Trinajstić information content (AvgIpc) is 2.89. The fraction of sp³-hybridized carbons (Fsp3) is 0.643. The molecule has 9 heteroatoms. The molecule has 0 bridgehead atoms. The van der Waals surface area contributed by atoms with E-state index >= 15 is 0 Å². The van der Waals surface area contributed by atoms with Crippen molar-refractivity contribution in [2.24, 2.45) is 7.05 Å². The minimum absolute atomic E-state index is 0.159. The number of hydrogen-bond donors (Lipinski definition) is 1. The van der Waals surface area contributed by atoms with Crippen LogP contribution >= 0.6 is 0 Å². The van der Waals surface area contributed by atoms with Crippen molar-refractivity contribution in [2.75, 3.05) is 24.2 Å². The maximum atomic E-state index is 11.9. The monoisotopic (exact) mass is 338 g/mol. The van der Waals surface area contributed by atoms with Gasteiger partial charge >= 0.3 is 0 Å². The third kappa shape index (κ3) is 3.16. The highest BCUT2D eigenvalue weighted by Crippen LogP contribution is 2.23. The summed E-state index contributed by atoms with van der Waals surface area (Å²) in [6, 6.07) is 0.205. The van der Waals surface area contributed by atoms with Gasteiger partial charge in [0.2, 0.25) is 10.0 Å². The van der Waals surface area contributed by atoms with Gasteiger partial charge in [-0.1, -0.05) is 0 Å². The lowest BCUT2D eigenvalue weighted by molar-refractivity contribution is 0.330. The molecule has 1 N–H and O–H groups in total. The summed E-state index contributed by atoms with van der Waals surface area (Å²) in [5.41, 5.74) is 0.797. The van der Waals surface area contributed by atoms with E-state index in [4.69, 9.17) is 0 Å². The van der Waals surface area contributed by atoms with Crippen LogP contribution in [-0.2, 0) is 17.1 Å². The van der Waals surface area contributed by atoms with Crippen molar-refractivity contribution < 1.29 is 8.42 Å². The normalized spacial score (nSPS) is 17.7. The second-order valence-electron chi connectivity index (χ2n) is 5.84. The lowest BCUT2D eigenvalue weighted by atomic mass is 10.1. The summed E-state index contributed by atoms with van der Waals surface area (Å²) in [7, 11) is -1.24. The van der Waals surface area contributed by atoms with Crippen molar-refractivity contribution in [1.82, 2.24) is 24.1 Å². The highest BCUT2D eigenvalue weighted by molar-refractivity contribution is 7.89. The minimum atomic E-state index is -3.09. The molecule has 1 aliphatic rings. The van der Waals surface area contributed by atoms with Crippen LogP contribution in [0.5, 0.6) is 0 Å². The third-order valence-electron chi connectivity index (χ3n) is 4.26. The number of rotatable bonds is 4. The van der Waals surface area contributed by atoms with Crippen LogP contribution in [0.1, 0.15) is 25.6 Å². The van der Waals surface area contributed by atoms with Crippen LogP contribution in [0.3, 0.4) is 0 Å². The minimum Gasteiger partial charge on any atom is -0.367 e. The molecule has 126 valence electrons. The lowest BCUT2D eigenvalue weighted by Crippen LogP contribution is -2.43. The van der Waals surface area contributed by atoms with E-state index in [-0.39, 0.29) is 11.8 Å². The topological polar surface area (TPSA) is 93.0 Å². The molecular formula is C14H22N6O2S. The molecule has 0 spiro atoms. The van der Waals surface area contributed by atoms with Gasteiger partial charge in [0, 0.05) is 26.2 Å². The van der Waals surface area contributed by atoms with Gasteiger partial charge in [-0.15, -0.1) is 0 Å². The Balaban J connectivity index is 1.75. The number of sulfonamides is 1. The van der Waals surface area contributed by atoms with Crippen LogP contribution in [-0.4, -0.2) is 57.4 Å². The fourth-order valence-electron chi connectivity index (χ4n) is 2.90. The van der Waals surface area contributed by atoms with Gasteiger partial charge in [0.25, 0.3) is 0 Å². The smallest absolute Gasteiger partial charge is 0.213 e. The van der Waals surface area contributed by atoms with Crippen molar-refractivity contribution in [3.63, 3.8) is 0 Å². The van der Waals surface area contributed by atoms with E-state index in [9.17, 15) is 8.42 Å². The molecule has 0 aliphatic carbocycles. The first-order chi connectivity index (χ1) is 10.9. The fourth-order valence-corrected chi connectivity index (χ4v) is 4.03. The number of nitrogens with one attached hydrogen (secondary N) is 1. The number of hydrogen-bond acceptors (Lipinski definition) is 6. The van der Waals surface area contributed by atoms with Crippen molar-refractivity contribution in [3.05, 3.63) is 12.0 Å². The van der Waals surface area contributed by atoms with E-state index in [1.54, 1.807) is 22.1 Å². The van der Waals surface area contributed by atoms with Gasteiger partial charge in [-0.25, -0.2) is 22.7 Å². The highest BCUT2D eigenvalue weighted by atomic mass is 32.2. The molecule has 0 unspecified atom stereocenters. The van der Waals surface area contributed by atoms with E-state index in [0.29, 0.717) is 18.9 Å². The Bertz CT molecular complexity index is 808. The Morgan fingerprint density at radius 2 is 2.00 bits per heavy atom. The van der Waals surface area contributed by atoms with Crippen LogP contribution in [0.4, 0.5) is 5.82 Å². The Morgan fingerprint density at radius 1 is 1.30 bits per heavy atom. The van der Waals surface area contributed by atoms with Crippen LogP contribution < -0.4 is 5.32 Å². The molecule has 2 aromatic heterocycles. The predicted octanol–water partition coefficient (Wildman–Crippen LogP) is 0.898. The Hall–Kier alpha value is -1.74. The molecule has 1 aliphatic heterocycles. The molecule has 2 aromatic rings. The lowest BCUT2D eigenvalue weighted by Gasteiger charge is -2.31. The zero-order valence-corrected chi connectivity index (χ0v) is 14.5. The van der Waals surface area contributed by atoms with Gasteiger partial charge in [-0.05, 0) is 26.7 Å². The molecular weight excluding hydrogens is 316 g/mol. The Kier molecular flexibility index (Phi) is 4.24. The van der Waals surface area contributed by atoms with Crippen molar-refractivity contribution in [2.45, 2.75) is 32.7 Å². The molecule has 8 nitrogen and oxygen atoms in total. The molecule has 0 aromatic carbocycles.